The highest BCUT2D eigenvalue weighted by Crippen LogP contribution is 2.55. The molecule has 2 heterocycles. The van der Waals surface area contributed by atoms with Crippen molar-refractivity contribution < 1.29 is 52.1 Å². The number of hydrogen-bond acceptors (Lipinski definition) is 5. The average molecular weight is 418 g/mol. The average Bonchev–Trinajstić information content (AvgIpc) is 2.86. The van der Waals surface area contributed by atoms with Crippen molar-refractivity contribution in [3.63, 3.8) is 0 Å². The first-order valence-corrected chi connectivity index (χ1v) is 7.70. The van der Waals surface area contributed by atoms with Gasteiger partial charge in [-0.25, -0.2) is 4.18 Å². The van der Waals surface area contributed by atoms with E-state index in [1.807, 2.05) is 0 Å². The van der Waals surface area contributed by atoms with E-state index in [9.17, 15) is 47.9 Å². The molecule has 0 aromatic heterocycles. The lowest BCUT2D eigenvalue weighted by Crippen LogP contribution is -2.63. The van der Waals surface area contributed by atoms with Crippen molar-refractivity contribution in [1.82, 2.24) is 10.4 Å². The molecule has 0 bridgehead atoms. The van der Waals surface area contributed by atoms with Crippen LogP contribution in [-0.4, -0.2) is 42.9 Å². The van der Waals surface area contributed by atoms with E-state index in [0.717, 1.165) is 11.1 Å². The zero-order valence-electron chi connectivity index (χ0n) is 11.9. The van der Waals surface area contributed by atoms with Gasteiger partial charge in [0.25, 0.3) is 0 Å². The fourth-order valence-electron chi connectivity index (χ4n) is 1.80. The summed E-state index contributed by atoms with van der Waals surface area (Å²) in [7, 11) is -6.93. The summed E-state index contributed by atoms with van der Waals surface area (Å²) in [5.41, 5.74) is 2.17. The minimum atomic E-state index is -7.34. The Labute approximate surface area is 139 Å². The highest BCUT2D eigenvalue weighted by molar-refractivity contribution is 7.87. The molecule has 0 radical (unpaired) electrons. The fraction of sp³-hybridized carbons (Fsp3) is 0.455. The molecule has 1 unspecified atom stereocenters. The first-order valence-electron chi connectivity index (χ1n) is 6.30. The number of alkyl halides is 9. The van der Waals surface area contributed by atoms with Crippen molar-refractivity contribution >= 4 is 10.1 Å². The number of nitrogens with one attached hydrogen (secondary N) is 1. The van der Waals surface area contributed by atoms with Crippen LogP contribution in [-0.2, 0) is 14.3 Å². The van der Waals surface area contributed by atoms with Crippen LogP contribution in [0.15, 0.2) is 36.2 Å². The van der Waals surface area contributed by atoms with Gasteiger partial charge in [-0.15, -0.1) is 0 Å². The first-order chi connectivity index (χ1) is 11.5. The molecule has 0 aromatic carbocycles. The third-order valence-electron chi connectivity index (χ3n) is 3.14. The second-order valence-electron chi connectivity index (χ2n) is 4.93. The van der Waals surface area contributed by atoms with Crippen molar-refractivity contribution in [1.29, 1.82) is 0 Å². The van der Waals surface area contributed by atoms with Crippen LogP contribution < -0.4 is 5.43 Å². The molecule has 1 N–H and O–H groups in total. The van der Waals surface area contributed by atoms with Gasteiger partial charge in [0.1, 0.15) is 0 Å². The van der Waals surface area contributed by atoms with E-state index >= 15 is 0 Å². The number of hydrogen-bond donors (Lipinski definition) is 1. The van der Waals surface area contributed by atoms with Gasteiger partial charge in [-0.3, -0.25) is 5.01 Å². The molecule has 148 valence electrons. The molecule has 0 spiro atoms. The number of rotatable bonds is 5. The molecule has 0 amide bonds. The van der Waals surface area contributed by atoms with Gasteiger partial charge in [-0.2, -0.15) is 53.4 Å². The Morgan fingerprint density at radius 1 is 0.962 bits per heavy atom. The third kappa shape index (κ3) is 2.96. The first kappa shape index (κ1) is 20.6. The van der Waals surface area contributed by atoms with E-state index in [1.54, 1.807) is 0 Å². The minimum absolute atomic E-state index is 0.114. The van der Waals surface area contributed by atoms with E-state index < -0.39 is 39.6 Å². The van der Waals surface area contributed by atoms with Crippen LogP contribution in [0.2, 0.25) is 0 Å². The van der Waals surface area contributed by atoms with Crippen LogP contribution in [0.25, 0.3) is 0 Å². The van der Waals surface area contributed by atoms with Crippen LogP contribution in [0.4, 0.5) is 39.5 Å². The Bertz CT molecular complexity index is 770. The van der Waals surface area contributed by atoms with E-state index in [1.165, 1.54) is 24.4 Å². The molecular weight excluding hydrogens is 411 g/mol. The van der Waals surface area contributed by atoms with Crippen LogP contribution in [0.5, 0.6) is 0 Å². The van der Waals surface area contributed by atoms with Gasteiger partial charge in [0, 0.05) is 6.20 Å². The van der Waals surface area contributed by atoms with Crippen LogP contribution in [0, 0.1) is 0 Å². The monoisotopic (exact) mass is 418 g/mol. The maximum Gasteiger partial charge on any atom is 0.460 e. The molecule has 5 nitrogen and oxygen atoms in total. The number of allylic oxidation sites excluding steroid dienone is 3. The van der Waals surface area contributed by atoms with Crippen LogP contribution >= 0.6 is 0 Å². The van der Waals surface area contributed by atoms with Crippen molar-refractivity contribution in [2.45, 2.75) is 29.5 Å². The Hall–Kier alpha value is -1.74. The molecular formula is C11H7F9N2O3S. The van der Waals surface area contributed by atoms with Gasteiger partial charge in [0.2, 0.25) is 0 Å². The normalized spacial score (nSPS) is 21.8. The zero-order valence-corrected chi connectivity index (χ0v) is 12.8. The van der Waals surface area contributed by atoms with Crippen molar-refractivity contribution in [2.24, 2.45) is 0 Å². The maximum absolute atomic E-state index is 13.5. The third-order valence-corrected chi connectivity index (χ3v) is 4.49. The summed E-state index contributed by atoms with van der Waals surface area (Å²) in [4.78, 5) is 0. The molecule has 0 saturated carbocycles. The summed E-state index contributed by atoms with van der Waals surface area (Å²) in [5, 5.41) is -5.89. The highest BCUT2D eigenvalue weighted by atomic mass is 32.2. The van der Waals surface area contributed by atoms with Gasteiger partial charge < -0.3 is 0 Å². The minimum Gasteiger partial charge on any atom is -0.282 e. The molecule has 26 heavy (non-hydrogen) atoms. The quantitative estimate of drug-likeness (QED) is 0.550. The number of fused-ring (bicyclic) bond motifs is 1. The smallest absolute Gasteiger partial charge is 0.282 e. The lowest BCUT2D eigenvalue weighted by Gasteiger charge is -2.33. The van der Waals surface area contributed by atoms with Gasteiger partial charge in [-0.1, -0.05) is 6.08 Å². The van der Waals surface area contributed by atoms with E-state index in [-0.39, 0.29) is 5.70 Å². The van der Waals surface area contributed by atoms with Crippen LogP contribution in [0.3, 0.4) is 0 Å². The molecule has 1 atom stereocenters. The molecule has 0 fully saturated rings. The molecule has 2 aliphatic rings. The fourth-order valence-corrected chi connectivity index (χ4v) is 2.74. The lowest BCUT2D eigenvalue weighted by molar-refractivity contribution is -0.382. The number of nitrogens with zero attached hydrogens (tertiary/aromatic N) is 1. The largest absolute Gasteiger partial charge is 0.460 e. The standard InChI is InChI=1S/C11H7F9N2O3S/c12-8(13,10(16,17)18)9(14,15)11(19,20)26(23,24)25-7-5-6-3-1-2-4-22(6)21-7/h1-5,7,21H. The lowest BCUT2D eigenvalue weighted by atomic mass is 10.1. The Morgan fingerprint density at radius 2 is 1.54 bits per heavy atom. The molecule has 0 saturated heterocycles. The molecule has 0 aliphatic carbocycles. The van der Waals surface area contributed by atoms with Gasteiger partial charge >= 0.3 is 33.4 Å². The maximum atomic E-state index is 13.5. The Kier molecular flexibility index (Phi) is 4.65. The van der Waals surface area contributed by atoms with Gasteiger partial charge in [0.15, 0.2) is 6.23 Å². The number of halogens is 9. The number of hydrazine groups is 1. The summed E-state index contributed by atoms with van der Waals surface area (Å²) in [6.45, 7) is 0. The Balaban J connectivity index is 2.31. The second-order valence-corrected chi connectivity index (χ2v) is 6.54. The van der Waals surface area contributed by atoms with Gasteiger partial charge in [0.05, 0.1) is 5.70 Å². The predicted molar refractivity (Wildman–Crippen MR) is 66.0 cm³/mol. The van der Waals surface area contributed by atoms with Crippen molar-refractivity contribution in [3.8, 4) is 0 Å². The summed E-state index contributed by atoms with van der Waals surface area (Å²) >= 11 is 0. The van der Waals surface area contributed by atoms with E-state index in [2.05, 4.69) is 9.61 Å². The summed E-state index contributed by atoms with van der Waals surface area (Å²) < 4.78 is 141. The topological polar surface area (TPSA) is 58.6 Å². The predicted octanol–water partition coefficient (Wildman–Crippen LogP) is 2.87. The SMILES string of the molecule is O=S(=O)(OC1C=C2C=CC=CN2N1)C(F)(F)C(F)(F)C(F)(F)C(F)(F)F. The molecule has 2 aliphatic heterocycles. The zero-order chi connectivity index (χ0) is 20.2. The highest BCUT2D eigenvalue weighted by Gasteiger charge is 2.85. The van der Waals surface area contributed by atoms with Crippen molar-refractivity contribution in [2.75, 3.05) is 0 Å². The second kappa shape index (κ2) is 5.88. The van der Waals surface area contributed by atoms with Gasteiger partial charge in [-0.05, 0) is 18.2 Å². The Morgan fingerprint density at radius 3 is 2.04 bits per heavy atom. The van der Waals surface area contributed by atoms with E-state index in [0.29, 0.717) is 0 Å². The molecule has 15 heteroatoms. The summed E-state index contributed by atoms with van der Waals surface area (Å²) in [6.07, 6.45) is -3.09. The van der Waals surface area contributed by atoms with Crippen molar-refractivity contribution in [3.05, 3.63) is 36.2 Å². The molecule has 2 rings (SSSR count). The van der Waals surface area contributed by atoms with E-state index in [4.69, 9.17) is 0 Å². The van der Waals surface area contributed by atoms with Crippen LogP contribution in [0.1, 0.15) is 0 Å². The molecule has 0 aromatic rings. The summed E-state index contributed by atoms with van der Waals surface area (Å²) in [6, 6.07) is 0. The summed E-state index contributed by atoms with van der Waals surface area (Å²) in [5.74, 6) is -14.7.